The zero-order chi connectivity index (χ0) is 21.0. The highest BCUT2D eigenvalue weighted by Gasteiger charge is 2.23. The summed E-state index contributed by atoms with van der Waals surface area (Å²) in [5, 5.41) is 3.94. The molecule has 0 saturated carbocycles. The van der Waals surface area contributed by atoms with Crippen molar-refractivity contribution in [3.05, 3.63) is 53.1 Å². The SMILES string of the molecule is Cc1cccc(C)c1N(CC(=O)N/N=C\c1cccc2c1OCCO2)S(C)(=O)=O. The Kier molecular flexibility index (Phi) is 6.07. The molecular weight excluding hydrogens is 394 g/mol. The van der Waals surface area contributed by atoms with E-state index >= 15 is 0 Å². The molecule has 3 rings (SSSR count). The fourth-order valence-electron chi connectivity index (χ4n) is 3.10. The first-order valence-corrected chi connectivity index (χ1v) is 10.9. The molecular formula is C20H23N3O5S. The van der Waals surface area contributed by atoms with Crippen LogP contribution in [0.3, 0.4) is 0 Å². The Hall–Kier alpha value is -3.07. The fraction of sp³-hybridized carbons (Fsp3) is 0.300. The molecule has 8 nitrogen and oxygen atoms in total. The topological polar surface area (TPSA) is 97.3 Å². The number of carbonyl (C=O) groups is 1. The van der Waals surface area contributed by atoms with Crippen LogP contribution in [0.2, 0.25) is 0 Å². The Labute approximate surface area is 170 Å². The van der Waals surface area contributed by atoms with Gasteiger partial charge in [0.1, 0.15) is 19.8 Å². The molecule has 0 atom stereocenters. The maximum absolute atomic E-state index is 12.4. The molecule has 0 radical (unpaired) electrons. The summed E-state index contributed by atoms with van der Waals surface area (Å²) in [5.41, 5.74) is 5.05. The number of anilines is 1. The van der Waals surface area contributed by atoms with E-state index in [9.17, 15) is 13.2 Å². The van der Waals surface area contributed by atoms with Crippen LogP contribution in [0.5, 0.6) is 11.5 Å². The number of aryl methyl sites for hydroxylation is 2. The summed E-state index contributed by atoms with van der Waals surface area (Å²) in [5.74, 6) is 0.617. The first kappa shape index (κ1) is 20.7. The minimum Gasteiger partial charge on any atom is -0.486 e. The van der Waals surface area contributed by atoms with E-state index in [1.807, 2.05) is 6.07 Å². The Bertz CT molecular complexity index is 1030. The van der Waals surface area contributed by atoms with E-state index in [2.05, 4.69) is 10.5 Å². The number of nitrogens with one attached hydrogen (secondary N) is 1. The highest BCUT2D eigenvalue weighted by Crippen LogP contribution is 2.32. The zero-order valence-electron chi connectivity index (χ0n) is 16.5. The average molecular weight is 417 g/mol. The normalized spacial score (nSPS) is 13.3. The summed E-state index contributed by atoms with van der Waals surface area (Å²) in [7, 11) is -3.66. The lowest BCUT2D eigenvalue weighted by Gasteiger charge is -2.25. The third-order valence-corrected chi connectivity index (χ3v) is 5.48. The fourth-order valence-corrected chi connectivity index (χ4v) is 4.07. The van der Waals surface area contributed by atoms with Crippen LogP contribution >= 0.6 is 0 Å². The van der Waals surface area contributed by atoms with Gasteiger partial charge in [-0.2, -0.15) is 5.10 Å². The number of sulfonamides is 1. The summed E-state index contributed by atoms with van der Waals surface area (Å²) in [4.78, 5) is 12.4. The lowest BCUT2D eigenvalue weighted by atomic mass is 10.1. The van der Waals surface area contributed by atoms with Crippen LogP contribution in [0.1, 0.15) is 16.7 Å². The van der Waals surface area contributed by atoms with Crippen molar-refractivity contribution in [2.45, 2.75) is 13.8 Å². The van der Waals surface area contributed by atoms with Crippen molar-refractivity contribution >= 4 is 27.8 Å². The number of hydrogen-bond acceptors (Lipinski definition) is 6. The molecule has 2 aromatic rings. The van der Waals surface area contributed by atoms with Crippen LogP contribution in [0.15, 0.2) is 41.5 Å². The van der Waals surface area contributed by atoms with Crippen molar-refractivity contribution in [3.63, 3.8) is 0 Å². The van der Waals surface area contributed by atoms with Crippen LogP contribution in [0.25, 0.3) is 0 Å². The minimum absolute atomic E-state index is 0.381. The average Bonchev–Trinajstić information content (AvgIpc) is 2.66. The quantitative estimate of drug-likeness (QED) is 0.573. The first-order chi connectivity index (χ1) is 13.8. The van der Waals surface area contributed by atoms with Gasteiger partial charge >= 0.3 is 0 Å². The Morgan fingerprint density at radius 2 is 1.79 bits per heavy atom. The molecule has 1 heterocycles. The number of ether oxygens (including phenoxy) is 2. The van der Waals surface area contributed by atoms with E-state index in [4.69, 9.17) is 9.47 Å². The number of benzene rings is 2. The molecule has 0 spiro atoms. The van der Waals surface area contributed by atoms with Crippen LogP contribution in [0, 0.1) is 13.8 Å². The van der Waals surface area contributed by atoms with E-state index in [-0.39, 0.29) is 6.54 Å². The molecule has 2 aromatic carbocycles. The number of hydrazone groups is 1. The zero-order valence-corrected chi connectivity index (χ0v) is 17.3. The number of para-hydroxylation sites is 2. The largest absolute Gasteiger partial charge is 0.486 e. The van der Waals surface area contributed by atoms with Gasteiger partial charge in [0.05, 0.1) is 18.2 Å². The summed E-state index contributed by atoms with van der Waals surface area (Å²) < 4.78 is 36.8. The van der Waals surface area contributed by atoms with Crippen LogP contribution in [-0.4, -0.2) is 46.6 Å². The van der Waals surface area contributed by atoms with Gasteiger partial charge in [-0.25, -0.2) is 13.8 Å². The van der Waals surface area contributed by atoms with E-state index < -0.39 is 15.9 Å². The second-order valence-electron chi connectivity index (χ2n) is 6.67. The maximum atomic E-state index is 12.4. The smallest absolute Gasteiger partial charge is 0.260 e. The number of carbonyl (C=O) groups excluding carboxylic acids is 1. The van der Waals surface area contributed by atoms with E-state index in [0.29, 0.717) is 36.0 Å². The molecule has 0 aliphatic carbocycles. The van der Waals surface area contributed by atoms with Crippen molar-refractivity contribution in [3.8, 4) is 11.5 Å². The second kappa shape index (κ2) is 8.52. The molecule has 9 heteroatoms. The van der Waals surface area contributed by atoms with E-state index in [0.717, 1.165) is 21.7 Å². The summed E-state index contributed by atoms with van der Waals surface area (Å²) in [6.45, 7) is 4.13. The summed E-state index contributed by atoms with van der Waals surface area (Å²) in [6.07, 6.45) is 2.51. The Balaban J connectivity index is 1.74. The predicted molar refractivity (Wildman–Crippen MR) is 111 cm³/mol. The maximum Gasteiger partial charge on any atom is 0.260 e. The van der Waals surface area contributed by atoms with Gasteiger partial charge < -0.3 is 9.47 Å². The van der Waals surface area contributed by atoms with E-state index in [1.165, 1.54) is 6.21 Å². The third-order valence-electron chi connectivity index (χ3n) is 4.37. The highest BCUT2D eigenvalue weighted by molar-refractivity contribution is 7.92. The molecule has 0 unspecified atom stereocenters. The molecule has 0 saturated heterocycles. The molecule has 1 N–H and O–H groups in total. The van der Waals surface area contributed by atoms with Crippen LogP contribution in [-0.2, 0) is 14.8 Å². The van der Waals surface area contributed by atoms with Crippen molar-refractivity contribution in [1.82, 2.24) is 5.43 Å². The van der Waals surface area contributed by atoms with Gasteiger partial charge in [-0.1, -0.05) is 24.3 Å². The monoisotopic (exact) mass is 417 g/mol. The number of hydrogen-bond donors (Lipinski definition) is 1. The second-order valence-corrected chi connectivity index (χ2v) is 8.58. The minimum atomic E-state index is -3.66. The Morgan fingerprint density at radius 3 is 2.48 bits per heavy atom. The molecule has 0 aromatic heterocycles. The van der Waals surface area contributed by atoms with Gasteiger partial charge in [0, 0.05) is 5.56 Å². The van der Waals surface area contributed by atoms with Crippen molar-refractivity contribution in [1.29, 1.82) is 0 Å². The lowest BCUT2D eigenvalue weighted by Crippen LogP contribution is -2.39. The first-order valence-electron chi connectivity index (χ1n) is 9.02. The molecule has 1 amide bonds. The number of amides is 1. The van der Waals surface area contributed by atoms with Gasteiger partial charge in [0.25, 0.3) is 5.91 Å². The van der Waals surface area contributed by atoms with Gasteiger partial charge in [-0.15, -0.1) is 0 Å². The molecule has 154 valence electrons. The number of nitrogens with zero attached hydrogens (tertiary/aromatic N) is 2. The predicted octanol–water partition coefficient (Wildman–Crippen LogP) is 1.99. The lowest BCUT2D eigenvalue weighted by molar-refractivity contribution is -0.119. The Morgan fingerprint density at radius 1 is 1.14 bits per heavy atom. The summed E-state index contributed by atoms with van der Waals surface area (Å²) >= 11 is 0. The van der Waals surface area contributed by atoms with Gasteiger partial charge in [-0.05, 0) is 37.1 Å². The van der Waals surface area contributed by atoms with Crippen molar-refractivity contribution in [2.75, 3.05) is 30.3 Å². The van der Waals surface area contributed by atoms with Gasteiger partial charge in [-0.3, -0.25) is 9.10 Å². The molecule has 0 fully saturated rings. The molecule has 1 aliphatic heterocycles. The highest BCUT2D eigenvalue weighted by atomic mass is 32.2. The van der Waals surface area contributed by atoms with E-state index in [1.54, 1.807) is 44.2 Å². The molecule has 1 aliphatic rings. The molecule has 0 bridgehead atoms. The van der Waals surface area contributed by atoms with Crippen LogP contribution in [0.4, 0.5) is 5.69 Å². The standard InChI is InChI=1S/C20H23N3O5S/c1-14-6-4-7-15(2)19(14)23(29(3,25)26)13-18(24)22-21-12-16-8-5-9-17-20(16)28-11-10-27-17/h4-9,12H,10-11,13H2,1-3H3,(H,22,24)/b21-12-. The summed E-state index contributed by atoms with van der Waals surface area (Å²) in [6, 6.07) is 10.8. The van der Waals surface area contributed by atoms with Crippen molar-refractivity contribution in [2.24, 2.45) is 5.10 Å². The van der Waals surface area contributed by atoms with Crippen molar-refractivity contribution < 1.29 is 22.7 Å². The molecule has 29 heavy (non-hydrogen) atoms. The number of fused-ring (bicyclic) bond motifs is 1. The van der Waals surface area contributed by atoms with Crippen LogP contribution < -0.4 is 19.2 Å². The van der Waals surface area contributed by atoms with Gasteiger partial charge in [0.2, 0.25) is 10.0 Å². The third kappa shape index (κ3) is 4.86. The van der Waals surface area contributed by atoms with Gasteiger partial charge in [0.15, 0.2) is 11.5 Å². The number of rotatable bonds is 6.